The molecular formula is C12H17BrN2OS. The van der Waals surface area contributed by atoms with Crippen molar-refractivity contribution in [2.24, 2.45) is 5.92 Å². The Kier molecular flexibility index (Phi) is 5.00. The van der Waals surface area contributed by atoms with Crippen LogP contribution in [0.5, 0.6) is 0 Å². The number of rotatable bonds is 5. The highest BCUT2D eigenvalue weighted by Crippen LogP contribution is 2.22. The van der Waals surface area contributed by atoms with Gasteiger partial charge in [-0.1, -0.05) is 0 Å². The number of carbonyl (C=O) groups is 1. The van der Waals surface area contributed by atoms with Crippen LogP contribution in [0.25, 0.3) is 0 Å². The van der Waals surface area contributed by atoms with Gasteiger partial charge in [-0.3, -0.25) is 4.79 Å². The van der Waals surface area contributed by atoms with Crippen LogP contribution in [0.2, 0.25) is 0 Å². The molecule has 2 N–H and O–H groups in total. The fourth-order valence-electron chi connectivity index (χ4n) is 2.01. The molecule has 1 aliphatic heterocycles. The van der Waals surface area contributed by atoms with Crippen molar-refractivity contribution in [3.63, 3.8) is 0 Å². The Bertz CT molecular complexity index is 374. The maximum Gasteiger partial charge on any atom is 0.220 e. The maximum atomic E-state index is 11.7. The summed E-state index contributed by atoms with van der Waals surface area (Å²) in [4.78, 5) is 12.8. The van der Waals surface area contributed by atoms with Gasteiger partial charge >= 0.3 is 0 Å². The molecule has 2 rings (SSSR count). The second kappa shape index (κ2) is 6.52. The molecule has 1 unspecified atom stereocenters. The van der Waals surface area contributed by atoms with Gasteiger partial charge in [0, 0.05) is 15.8 Å². The highest BCUT2D eigenvalue weighted by molar-refractivity contribution is 9.10. The molecule has 94 valence electrons. The molecule has 1 saturated heterocycles. The lowest BCUT2D eigenvalue weighted by molar-refractivity contribution is -0.121. The molecule has 5 heteroatoms. The molecule has 17 heavy (non-hydrogen) atoms. The summed E-state index contributed by atoms with van der Waals surface area (Å²) in [5.74, 6) is 0.853. The maximum absolute atomic E-state index is 11.7. The number of thiophene rings is 1. The third kappa shape index (κ3) is 4.08. The van der Waals surface area contributed by atoms with Crippen LogP contribution in [0.4, 0.5) is 0 Å². The Hall–Kier alpha value is -0.390. The van der Waals surface area contributed by atoms with Crippen LogP contribution in [0.1, 0.15) is 24.1 Å². The van der Waals surface area contributed by atoms with E-state index in [1.807, 2.05) is 11.4 Å². The highest BCUT2D eigenvalue weighted by atomic mass is 79.9. The van der Waals surface area contributed by atoms with Gasteiger partial charge in [0.2, 0.25) is 5.91 Å². The molecule has 1 atom stereocenters. The molecule has 0 radical (unpaired) electrons. The van der Waals surface area contributed by atoms with Gasteiger partial charge in [-0.2, -0.15) is 0 Å². The highest BCUT2D eigenvalue weighted by Gasteiger charge is 2.15. The van der Waals surface area contributed by atoms with E-state index < -0.39 is 0 Å². The van der Waals surface area contributed by atoms with Crippen LogP contribution in [-0.4, -0.2) is 19.0 Å². The monoisotopic (exact) mass is 316 g/mol. The Morgan fingerprint density at radius 2 is 2.53 bits per heavy atom. The van der Waals surface area contributed by atoms with Crippen molar-refractivity contribution in [2.75, 3.05) is 13.1 Å². The summed E-state index contributed by atoms with van der Waals surface area (Å²) in [6.07, 6.45) is 2.86. The molecular weight excluding hydrogens is 300 g/mol. The van der Waals surface area contributed by atoms with Crippen LogP contribution in [0.15, 0.2) is 15.9 Å². The van der Waals surface area contributed by atoms with E-state index in [9.17, 15) is 4.79 Å². The van der Waals surface area contributed by atoms with Crippen LogP contribution in [0, 0.1) is 5.92 Å². The first-order valence-electron chi connectivity index (χ1n) is 5.95. The second-order valence-corrected chi connectivity index (χ2v) is 6.22. The van der Waals surface area contributed by atoms with Gasteiger partial charge < -0.3 is 10.6 Å². The van der Waals surface area contributed by atoms with Gasteiger partial charge in [0.15, 0.2) is 0 Å². The summed E-state index contributed by atoms with van der Waals surface area (Å²) in [6, 6.07) is 2.01. The third-order valence-electron chi connectivity index (χ3n) is 3.08. The lowest BCUT2D eigenvalue weighted by Gasteiger charge is -2.08. The summed E-state index contributed by atoms with van der Waals surface area (Å²) in [5.41, 5.74) is 0. The van der Waals surface area contributed by atoms with Crippen molar-refractivity contribution in [3.05, 3.63) is 20.8 Å². The molecule has 3 nitrogen and oxygen atoms in total. The number of halogens is 1. The van der Waals surface area contributed by atoms with Crippen molar-refractivity contribution >= 4 is 33.2 Å². The molecule has 0 aliphatic carbocycles. The minimum Gasteiger partial charge on any atom is -0.351 e. The fraction of sp³-hybridized carbons (Fsp3) is 0.583. The summed E-state index contributed by atoms with van der Waals surface area (Å²) >= 11 is 5.12. The Balaban J connectivity index is 1.65. The molecule has 0 spiro atoms. The van der Waals surface area contributed by atoms with Gasteiger partial charge in [-0.05, 0) is 59.2 Å². The van der Waals surface area contributed by atoms with Gasteiger partial charge in [0.1, 0.15) is 0 Å². The number of carbonyl (C=O) groups excluding carboxylic acids is 1. The first-order chi connectivity index (χ1) is 8.25. The van der Waals surface area contributed by atoms with E-state index >= 15 is 0 Å². The van der Waals surface area contributed by atoms with Crippen LogP contribution in [0.3, 0.4) is 0 Å². The summed E-state index contributed by atoms with van der Waals surface area (Å²) in [7, 11) is 0. The van der Waals surface area contributed by atoms with Gasteiger partial charge in [-0.25, -0.2) is 0 Å². The molecule has 1 aromatic heterocycles. The topological polar surface area (TPSA) is 41.1 Å². The van der Waals surface area contributed by atoms with Crippen LogP contribution < -0.4 is 10.6 Å². The summed E-state index contributed by atoms with van der Waals surface area (Å²) < 4.78 is 1.09. The summed E-state index contributed by atoms with van der Waals surface area (Å²) in [5, 5.41) is 8.32. The minimum absolute atomic E-state index is 0.164. The Morgan fingerprint density at radius 1 is 1.65 bits per heavy atom. The van der Waals surface area contributed by atoms with E-state index in [1.54, 1.807) is 11.3 Å². The lowest BCUT2D eigenvalue weighted by atomic mass is 10.0. The van der Waals surface area contributed by atoms with Gasteiger partial charge in [0.05, 0.1) is 6.54 Å². The van der Waals surface area contributed by atoms with E-state index in [0.29, 0.717) is 18.9 Å². The average Bonchev–Trinajstić information content (AvgIpc) is 2.95. The molecule has 2 heterocycles. The Labute approximate surface area is 114 Å². The van der Waals surface area contributed by atoms with Crippen molar-refractivity contribution in [1.82, 2.24) is 10.6 Å². The first kappa shape index (κ1) is 13.1. The molecule has 0 saturated carbocycles. The predicted molar refractivity (Wildman–Crippen MR) is 74.1 cm³/mol. The summed E-state index contributed by atoms with van der Waals surface area (Å²) in [6.45, 7) is 2.82. The first-order valence-corrected chi connectivity index (χ1v) is 7.62. The quantitative estimate of drug-likeness (QED) is 0.876. The van der Waals surface area contributed by atoms with Gasteiger partial charge in [0.25, 0.3) is 0 Å². The molecule has 1 aromatic rings. The van der Waals surface area contributed by atoms with Crippen LogP contribution in [-0.2, 0) is 11.3 Å². The third-order valence-corrected chi connectivity index (χ3v) is 5.01. The van der Waals surface area contributed by atoms with Crippen molar-refractivity contribution < 1.29 is 4.79 Å². The normalized spacial score (nSPS) is 19.5. The van der Waals surface area contributed by atoms with E-state index in [2.05, 4.69) is 26.6 Å². The average molecular weight is 317 g/mol. The smallest absolute Gasteiger partial charge is 0.220 e. The largest absolute Gasteiger partial charge is 0.351 e. The standard InChI is InChI=1S/C12H17BrN2OS/c13-10-4-6-17-11(10)8-15-12(16)2-1-9-3-5-14-7-9/h4,6,9,14H,1-3,5,7-8H2,(H,15,16). The number of amides is 1. The molecule has 1 fully saturated rings. The zero-order valence-corrected chi connectivity index (χ0v) is 12.1. The van der Waals surface area contributed by atoms with Crippen molar-refractivity contribution in [1.29, 1.82) is 0 Å². The minimum atomic E-state index is 0.164. The fourth-order valence-corrected chi connectivity index (χ4v) is 3.45. The zero-order valence-electron chi connectivity index (χ0n) is 9.67. The predicted octanol–water partition coefficient (Wildman–Crippen LogP) is 2.52. The zero-order chi connectivity index (χ0) is 12.1. The SMILES string of the molecule is O=C(CCC1CCNC1)NCc1sccc1Br. The lowest BCUT2D eigenvalue weighted by Crippen LogP contribution is -2.23. The molecule has 0 bridgehead atoms. The van der Waals surface area contributed by atoms with E-state index in [4.69, 9.17) is 0 Å². The van der Waals surface area contributed by atoms with Crippen molar-refractivity contribution in [2.45, 2.75) is 25.8 Å². The van der Waals surface area contributed by atoms with E-state index in [-0.39, 0.29) is 5.91 Å². The number of nitrogens with one attached hydrogen (secondary N) is 2. The second-order valence-electron chi connectivity index (χ2n) is 4.37. The molecule has 1 aliphatic rings. The van der Waals surface area contributed by atoms with Crippen LogP contribution >= 0.6 is 27.3 Å². The molecule has 0 aromatic carbocycles. The van der Waals surface area contributed by atoms with Crippen molar-refractivity contribution in [3.8, 4) is 0 Å². The van der Waals surface area contributed by atoms with E-state index in [1.165, 1.54) is 11.3 Å². The molecule has 1 amide bonds. The number of hydrogen-bond acceptors (Lipinski definition) is 3. The van der Waals surface area contributed by atoms with Gasteiger partial charge in [-0.15, -0.1) is 11.3 Å². The number of hydrogen-bond donors (Lipinski definition) is 2. The van der Waals surface area contributed by atoms with E-state index in [0.717, 1.165) is 24.0 Å². The Morgan fingerprint density at radius 3 is 3.18 bits per heavy atom.